The van der Waals surface area contributed by atoms with Crippen molar-refractivity contribution in [3.63, 3.8) is 0 Å². The van der Waals surface area contributed by atoms with Gasteiger partial charge in [0.05, 0.1) is 15.7 Å². The van der Waals surface area contributed by atoms with E-state index in [4.69, 9.17) is 23.2 Å². The summed E-state index contributed by atoms with van der Waals surface area (Å²) in [7, 11) is 0. The van der Waals surface area contributed by atoms with E-state index in [2.05, 4.69) is 38.2 Å². The molecule has 0 aliphatic heterocycles. The molecule has 0 saturated carbocycles. The molecule has 0 saturated heterocycles. The molecular formula is C15H15Cl2N. The van der Waals surface area contributed by atoms with E-state index in [1.54, 1.807) is 6.07 Å². The molecule has 2 aromatic carbocycles. The molecule has 0 atom stereocenters. The predicted octanol–water partition coefficient (Wildman–Crippen LogP) is 5.66. The van der Waals surface area contributed by atoms with Crippen LogP contribution < -0.4 is 5.32 Å². The Morgan fingerprint density at radius 3 is 2.17 bits per heavy atom. The van der Waals surface area contributed by atoms with Gasteiger partial charge in [-0.25, -0.2) is 0 Å². The number of hydrogen-bond acceptors (Lipinski definition) is 1. The highest BCUT2D eigenvalue weighted by atomic mass is 35.5. The van der Waals surface area contributed by atoms with Crippen LogP contribution in [0.15, 0.2) is 30.3 Å². The van der Waals surface area contributed by atoms with Crippen LogP contribution in [-0.4, -0.2) is 0 Å². The lowest BCUT2D eigenvalue weighted by molar-refractivity contribution is 1.31. The molecule has 0 aliphatic rings. The third-order valence-corrected chi connectivity index (χ3v) is 3.71. The van der Waals surface area contributed by atoms with Crippen LogP contribution in [0.1, 0.15) is 16.7 Å². The first-order valence-electron chi connectivity index (χ1n) is 5.78. The van der Waals surface area contributed by atoms with Gasteiger partial charge in [0, 0.05) is 5.69 Å². The maximum Gasteiger partial charge on any atom is 0.0827 e. The number of nitrogens with one attached hydrogen (secondary N) is 1. The van der Waals surface area contributed by atoms with Crippen LogP contribution in [0, 0.1) is 20.8 Å². The standard InChI is InChI=1S/C15H15Cl2N/c1-9-7-10(2)15(11(3)8-9)18-13-6-4-5-12(16)14(13)17/h4-8,18H,1-3H3. The summed E-state index contributed by atoms with van der Waals surface area (Å²) in [6, 6.07) is 9.88. The molecule has 0 unspecified atom stereocenters. The maximum absolute atomic E-state index is 6.18. The van der Waals surface area contributed by atoms with Crippen molar-refractivity contribution in [2.45, 2.75) is 20.8 Å². The first-order chi connectivity index (χ1) is 8.49. The van der Waals surface area contributed by atoms with Crippen molar-refractivity contribution in [3.05, 3.63) is 57.1 Å². The quantitative estimate of drug-likeness (QED) is 0.748. The molecule has 0 spiro atoms. The van der Waals surface area contributed by atoms with E-state index >= 15 is 0 Å². The summed E-state index contributed by atoms with van der Waals surface area (Å²) in [4.78, 5) is 0. The molecule has 2 rings (SSSR count). The van der Waals surface area contributed by atoms with E-state index in [1.165, 1.54) is 16.7 Å². The molecule has 0 radical (unpaired) electrons. The van der Waals surface area contributed by atoms with Gasteiger partial charge in [0.15, 0.2) is 0 Å². The Hall–Kier alpha value is -1.18. The van der Waals surface area contributed by atoms with Gasteiger partial charge in [0.1, 0.15) is 0 Å². The van der Waals surface area contributed by atoms with Crippen LogP contribution in [0.3, 0.4) is 0 Å². The van der Waals surface area contributed by atoms with E-state index in [1.807, 2.05) is 12.1 Å². The van der Waals surface area contributed by atoms with Crippen LogP contribution >= 0.6 is 23.2 Å². The Kier molecular flexibility index (Phi) is 3.84. The summed E-state index contributed by atoms with van der Waals surface area (Å²) in [5.74, 6) is 0. The van der Waals surface area contributed by atoms with Crippen LogP contribution in [-0.2, 0) is 0 Å². The molecule has 0 amide bonds. The van der Waals surface area contributed by atoms with Gasteiger partial charge in [-0.15, -0.1) is 0 Å². The van der Waals surface area contributed by atoms with Gasteiger partial charge in [-0.05, 0) is 44.0 Å². The summed E-state index contributed by atoms with van der Waals surface area (Å²) in [6.07, 6.45) is 0. The first-order valence-corrected chi connectivity index (χ1v) is 6.53. The lowest BCUT2D eigenvalue weighted by Gasteiger charge is -2.15. The summed E-state index contributed by atoms with van der Waals surface area (Å²) in [6.45, 7) is 6.26. The zero-order valence-electron chi connectivity index (χ0n) is 10.6. The molecule has 3 heteroatoms. The number of rotatable bonds is 2. The van der Waals surface area contributed by atoms with Crippen molar-refractivity contribution in [2.24, 2.45) is 0 Å². The fourth-order valence-corrected chi connectivity index (χ4v) is 2.46. The molecule has 0 aliphatic carbocycles. The van der Waals surface area contributed by atoms with E-state index in [9.17, 15) is 0 Å². The van der Waals surface area contributed by atoms with Crippen molar-refractivity contribution in [2.75, 3.05) is 5.32 Å². The zero-order chi connectivity index (χ0) is 13.3. The molecule has 18 heavy (non-hydrogen) atoms. The monoisotopic (exact) mass is 279 g/mol. The fourth-order valence-electron chi connectivity index (χ4n) is 2.11. The highest BCUT2D eigenvalue weighted by Crippen LogP contribution is 2.33. The van der Waals surface area contributed by atoms with E-state index in [0.29, 0.717) is 10.0 Å². The van der Waals surface area contributed by atoms with E-state index in [0.717, 1.165) is 11.4 Å². The topological polar surface area (TPSA) is 12.0 Å². The zero-order valence-corrected chi connectivity index (χ0v) is 12.2. The van der Waals surface area contributed by atoms with Crippen LogP contribution in [0.25, 0.3) is 0 Å². The molecule has 0 fully saturated rings. The molecule has 1 N–H and O–H groups in total. The summed E-state index contributed by atoms with van der Waals surface area (Å²) >= 11 is 12.2. The number of anilines is 2. The minimum Gasteiger partial charge on any atom is -0.354 e. The minimum atomic E-state index is 0.554. The normalized spacial score (nSPS) is 10.5. The van der Waals surface area contributed by atoms with Crippen molar-refractivity contribution in [3.8, 4) is 0 Å². The number of halogens is 2. The van der Waals surface area contributed by atoms with Gasteiger partial charge < -0.3 is 5.32 Å². The molecule has 0 heterocycles. The second kappa shape index (κ2) is 5.21. The number of aryl methyl sites for hydroxylation is 3. The van der Waals surface area contributed by atoms with Crippen molar-refractivity contribution >= 4 is 34.6 Å². The second-order valence-corrected chi connectivity index (χ2v) is 5.29. The van der Waals surface area contributed by atoms with Crippen molar-refractivity contribution < 1.29 is 0 Å². The maximum atomic E-state index is 6.18. The Labute approximate surface area is 118 Å². The molecule has 0 aromatic heterocycles. The molecular weight excluding hydrogens is 265 g/mol. The Morgan fingerprint density at radius 1 is 0.944 bits per heavy atom. The number of hydrogen-bond donors (Lipinski definition) is 1. The van der Waals surface area contributed by atoms with Gasteiger partial charge in [-0.3, -0.25) is 0 Å². The third kappa shape index (κ3) is 2.63. The van der Waals surface area contributed by atoms with Crippen LogP contribution in [0.4, 0.5) is 11.4 Å². The average Bonchev–Trinajstić information content (AvgIpc) is 2.28. The predicted molar refractivity (Wildman–Crippen MR) is 80.4 cm³/mol. The van der Waals surface area contributed by atoms with Crippen LogP contribution in [0.2, 0.25) is 10.0 Å². The lowest BCUT2D eigenvalue weighted by Crippen LogP contribution is -1.97. The van der Waals surface area contributed by atoms with E-state index < -0.39 is 0 Å². The summed E-state index contributed by atoms with van der Waals surface area (Å²) < 4.78 is 0. The molecule has 0 bridgehead atoms. The highest BCUT2D eigenvalue weighted by Gasteiger charge is 2.08. The third-order valence-electron chi connectivity index (χ3n) is 2.89. The average molecular weight is 280 g/mol. The van der Waals surface area contributed by atoms with Gasteiger partial charge >= 0.3 is 0 Å². The Bertz CT molecular complexity index is 568. The Morgan fingerprint density at radius 2 is 1.56 bits per heavy atom. The largest absolute Gasteiger partial charge is 0.354 e. The Balaban J connectivity index is 2.43. The molecule has 1 nitrogen and oxygen atoms in total. The van der Waals surface area contributed by atoms with Crippen molar-refractivity contribution in [1.29, 1.82) is 0 Å². The molecule has 94 valence electrons. The second-order valence-electron chi connectivity index (χ2n) is 4.50. The van der Waals surface area contributed by atoms with Gasteiger partial charge in [0.25, 0.3) is 0 Å². The SMILES string of the molecule is Cc1cc(C)c(Nc2cccc(Cl)c2Cl)c(C)c1. The highest BCUT2D eigenvalue weighted by molar-refractivity contribution is 6.43. The van der Waals surface area contributed by atoms with Gasteiger partial charge in [-0.1, -0.05) is 47.0 Å². The van der Waals surface area contributed by atoms with Crippen LogP contribution in [0.5, 0.6) is 0 Å². The smallest absolute Gasteiger partial charge is 0.0827 e. The summed E-state index contributed by atoms with van der Waals surface area (Å²) in [5, 5.41) is 4.47. The fraction of sp³-hybridized carbons (Fsp3) is 0.200. The van der Waals surface area contributed by atoms with Crippen molar-refractivity contribution in [1.82, 2.24) is 0 Å². The number of benzene rings is 2. The van der Waals surface area contributed by atoms with Gasteiger partial charge in [-0.2, -0.15) is 0 Å². The first kappa shape index (κ1) is 13.3. The molecule has 2 aromatic rings. The lowest BCUT2D eigenvalue weighted by atomic mass is 10.0. The summed E-state index contributed by atoms with van der Waals surface area (Å²) in [5.41, 5.74) is 5.57. The van der Waals surface area contributed by atoms with E-state index in [-0.39, 0.29) is 0 Å². The van der Waals surface area contributed by atoms with Gasteiger partial charge in [0.2, 0.25) is 0 Å². The minimum absolute atomic E-state index is 0.554.